The van der Waals surface area contributed by atoms with Gasteiger partial charge in [-0.1, -0.05) is 25.8 Å². The number of halogens is 1. The van der Waals surface area contributed by atoms with Crippen LogP contribution in [0.2, 0.25) is 0 Å². The van der Waals surface area contributed by atoms with Gasteiger partial charge < -0.3 is 16.2 Å². The second-order valence-electron chi connectivity index (χ2n) is 5.74. The van der Waals surface area contributed by atoms with E-state index in [0.29, 0.717) is 12.8 Å². The number of benzene rings is 1. The van der Waals surface area contributed by atoms with Crippen LogP contribution < -0.4 is 11.1 Å². The Kier molecular flexibility index (Phi) is 4.16. The highest BCUT2D eigenvalue weighted by Crippen LogP contribution is 2.33. The van der Waals surface area contributed by atoms with Crippen molar-refractivity contribution in [2.45, 2.75) is 38.1 Å². The first-order valence-corrected chi connectivity index (χ1v) is 6.95. The number of hydrogen-bond acceptors (Lipinski definition) is 3. The molecule has 1 amide bonds. The van der Waals surface area contributed by atoms with Gasteiger partial charge >= 0.3 is 5.97 Å². The van der Waals surface area contributed by atoms with Gasteiger partial charge in [0.25, 0.3) is 5.91 Å². The lowest BCUT2D eigenvalue weighted by atomic mass is 9.76. The Morgan fingerprint density at radius 2 is 2.19 bits per heavy atom. The zero-order chi connectivity index (χ0) is 15.6. The summed E-state index contributed by atoms with van der Waals surface area (Å²) in [4.78, 5) is 23.9. The number of anilines is 1. The molecular weight excluding hydrogens is 275 g/mol. The smallest absolute Gasteiger partial charge is 0.329 e. The van der Waals surface area contributed by atoms with Gasteiger partial charge in [0.2, 0.25) is 0 Å². The van der Waals surface area contributed by atoms with Crippen LogP contribution in [0.1, 0.15) is 43.0 Å². The topological polar surface area (TPSA) is 92.4 Å². The lowest BCUT2D eigenvalue weighted by molar-refractivity contribution is -0.146. The standard InChI is InChI=1S/C15H19FN2O3/c1-9-4-3-7-15(8-9,14(20)21)18-13(19)10-5-2-6-11(16)12(10)17/h2,5-6,9H,3-4,7-8,17H2,1H3,(H,18,19)(H,20,21). The summed E-state index contributed by atoms with van der Waals surface area (Å²) in [5.41, 5.74) is 3.96. The molecule has 114 valence electrons. The van der Waals surface area contributed by atoms with E-state index in [4.69, 9.17) is 5.73 Å². The van der Waals surface area contributed by atoms with Crippen molar-refractivity contribution < 1.29 is 19.1 Å². The minimum absolute atomic E-state index is 0.0335. The fourth-order valence-electron chi connectivity index (χ4n) is 2.93. The van der Waals surface area contributed by atoms with Crippen LogP contribution in [0.5, 0.6) is 0 Å². The highest BCUT2D eigenvalue weighted by Gasteiger charge is 2.43. The Balaban J connectivity index is 2.27. The zero-order valence-corrected chi connectivity index (χ0v) is 11.9. The maximum absolute atomic E-state index is 13.4. The van der Waals surface area contributed by atoms with Crippen LogP contribution >= 0.6 is 0 Å². The second kappa shape index (κ2) is 5.71. The van der Waals surface area contributed by atoms with E-state index in [1.807, 2.05) is 6.92 Å². The third-order valence-corrected chi connectivity index (χ3v) is 4.06. The van der Waals surface area contributed by atoms with Crippen molar-refractivity contribution in [1.82, 2.24) is 5.32 Å². The van der Waals surface area contributed by atoms with Gasteiger partial charge in [-0.25, -0.2) is 9.18 Å². The predicted molar refractivity (Wildman–Crippen MR) is 76.3 cm³/mol. The van der Waals surface area contributed by atoms with Gasteiger partial charge in [0.15, 0.2) is 0 Å². The molecule has 0 saturated heterocycles. The molecule has 1 fully saturated rings. The molecule has 1 aromatic carbocycles. The van der Waals surface area contributed by atoms with Gasteiger partial charge in [0.1, 0.15) is 11.4 Å². The molecule has 2 rings (SSSR count). The molecular formula is C15H19FN2O3. The second-order valence-corrected chi connectivity index (χ2v) is 5.74. The van der Waals surface area contributed by atoms with Crippen LogP contribution in [-0.2, 0) is 4.79 Å². The van der Waals surface area contributed by atoms with Gasteiger partial charge in [-0.15, -0.1) is 0 Å². The molecule has 1 aliphatic rings. The Hall–Kier alpha value is -2.11. The third kappa shape index (κ3) is 2.99. The number of carbonyl (C=O) groups excluding carboxylic acids is 1. The summed E-state index contributed by atoms with van der Waals surface area (Å²) in [5, 5.41) is 12.1. The first-order chi connectivity index (χ1) is 9.85. The number of nitrogen functional groups attached to an aromatic ring is 1. The Labute approximate surface area is 122 Å². The van der Waals surface area contributed by atoms with Gasteiger partial charge in [0.05, 0.1) is 11.3 Å². The summed E-state index contributed by atoms with van der Waals surface area (Å²) in [5.74, 6) is -2.19. The summed E-state index contributed by atoms with van der Waals surface area (Å²) in [6.07, 6.45) is 2.40. The molecule has 6 heteroatoms. The quantitative estimate of drug-likeness (QED) is 0.745. The van der Waals surface area contributed by atoms with Gasteiger partial charge in [-0.05, 0) is 30.9 Å². The maximum atomic E-state index is 13.4. The lowest BCUT2D eigenvalue weighted by Crippen LogP contribution is -2.56. The van der Waals surface area contributed by atoms with Gasteiger partial charge in [0, 0.05) is 0 Å². The zero-order valence-electron chi connectivity index (χ0n) is 11.9. The first kappa shape index (κ1) is 15.3. The van der Waals surface area contributed by atoms with E-state index in [1.165, 1.54) is 12.1 Å². The molecule has 0 bridgehead atoms. The monoisotopic (exact) mass is 294 g/mol. The molecule has 5 nitrogen and oxygen atoms in total. The average molecular weight is 294 g/mol. The molecule has 4 N–H and O–H groups in total. The molecule has 0 aromatic heterocycles. The van der Waals surface area contributed by atoms with Crippen molar-refractivity contribution in [3.63, 3.8) is 0 Å². The molecule has 0 spiro atoms. The number of carbonyl (C=O) groups is 2. The van der Waals surface area contributed by atoms with Crippen molar-refractivity contribution in [2.75, 3.05) is 5.73 Å². The number of rotatable bonds is 3. The van der Waals surface area contributed by atoms with E-state index >= 15 is 0 Å². The van der Waals surface area contributed by atoms with Crippen molar-refractivity contribution in [2.24, 2.45) is 5.92 Å². The summed E-state index contributed by atoms with van der Waals surface area (Å²) < 4.78 is 13.4. The summed E-state index contributed by atoms with van der Waals surface area (Å²) in [6, 6.07) is 3.91. The fraction of sp³-hybridized carbons (Fsp3) is 0.467. The van der Waals surface area contributed by atoms with E-state index in [0.717, 1.165) is 18.9 Å². The molecule has 0 aliphatic heterocycles. The van der Waals surface area contributed by atoms with Crippen molar-refractivity contribution in [3.8, 4) is 0 Å². The third-order valence-electron chi connectivity index (χ3n) is 4.06. The Morgan fingerprint density at radius 3 is 2.81 bits per heavy atom. The van der Waals surface area contributed by atoms with E-state index in [9.17, 15) is 19.1 Å². The summed E-state index contributed by atoms with van der Waals surface area (Å²) >= 11 is 0. The van der Waals surface area contributed by atoms with Gasteiger partial charge in [-0.3, -0.25) is 4.79 Å². The molecule has 1 aromatic rings. The fourth-order valence-corrected chi connectivity index (χ4v) is 2.93. The van der Waals surface area contributed by atoms with Crippen LogP contribution in [0.4, 0.5) is 10.1 Å². The highest BCUT2D eigenvalue weighted by molar-refractivity contribution is 6.01. The molecule has 0 radical (unpaired) electrons. The molecule has 2 unspecified atom stereocenters. The number of aliphatic carboxylic acids is 1. The highest BCUT2D eigenvalue weighted by atomic mass is 19.1. The summed E-state index contributed by atoms with van der Waals surface area (Å²) in [6.45, 7) is 1.96. The normalized spacial score (nSPS) is 25.3. The van der Waals surface area contributed by atoms with Crippen LogP contribution in [0.25, 0.3) is 0 Å². The van der Waals surface area contributed by atoms with Crippen molar-refractivity contribution in [1.29, 1.82) is 0 Å². The van der Waals surface area contributed by atoms with Crippen LogP contribution in [-0.4, -0.2) is 22.5 Å². The predicted octanol–water partition coefficient (Wildman–Crippen LogP) is 2.17. The van der Waals surface area contributed by atoms with E-state index in [2.05, 4.69) is 5.32 Å². The number of hydrogen-bond donors (Lipinski definition) is 3. The minimum Gasteiger partial charge on any atom is -0.480 e. The number of nitrogens with two attached hydrogens (primary N) is 1. The number of carboxylic acids is 1. The molecule has 0 heterocycles. The molecule has 2 atom stereocenters. The molecule has 1 saturated carbocycles. The number of nitrogens with one attached hydrogen (secondary N) is 1. The first-order valence-electron chi connectivity index (χ1n) is 6.95. The Bertz CT molecular complexity index is 576. The molecule has 21 heavy (non-hydrogen) atoms. The number of amides is 1. The minimum atomic E-state index is -1.30. The largest absolute Gasteiger partial charge is 0.480 e. The SMILES string of the molecule is CC1CCCC(NC(=O)c2cccc(F)c2N)(C(=O)O)C1. The summed E-state index contributed by atoms with van der Waals surface area (Å²) in [7, 11) is 0. The van der Waals surface area contributed by atoms with Crippen LogP contribution in [0.3, 0.4) is 0 Å². The number of para-hydroxylation sites is 1. The lowest BCUT2D eigenvalue weighted by Gasteiger charge is -2.37. The Morgan fingerprint density at radius 1 is 1.48 bits per heavy atom. The average Bonchev–Trinajstić information content (AvgIpc) is 2.41. The number of carboxylic acid groups (broad SMARTS) is 1. The maximum Gasteiger partial charge on any atom is 0.329 e. The van der Waals surface area contributed by atoms with Crippen LogP contribution in [0, 0.1) is 11.7 Å². The van der Waals surface area contributed by atoms with E-state index in [1.54, 1.807) is 0 Å². The van der Waals surface area contributed by atoms with Crippen LogP contribution in [0.15, 0.2) is 18.2 Å². The van der Waals surface area contributed by atoms with Crippen molar-refractivity contribution in [3.05, 3.63) is 29.6 Å². The van der Waals surface area contributed by atoms with Crippen molar-refractivity contribution >= 4 is 17.6 Å². The molecule has 1 aliphatic carbocycles. The van der Waals surface area contributed by atoms with Gasteiger partial charge in [-0.2, -0.15) is 0 Å². The van der Waals surface area contributed by atoms with E-state index in [-0.39, 0.29) is 17.2 Å². The van der Waals surface area contributed by atoms with E-state index < -0.39 is 23.2 Å².